The van der Waals surface area contributed by atoms with Crippen LogP contribution in [0.2, 0.25) is 5.02 Å². The van der Waals surface area contributed by atoms with Gasteiger partial charge in [-0.1, -0.05) is 11.6 Å². The number of hydrogen-bond acceptors (Lipinski definition) is 5. The fourth-order valence-corrected chi connectivity index (χ4v) is 3.32. The van der Waals surface area contributed by atoms with Crippen molar-refractivity contribution in [2.75, 3.05) is 32.0 Å². The lowest BCUT2D eigenvalue weighted by atomic mass is 9.98. The molecule has 1 atom stereocenters. The van der Waals surface area contributed by atoms with Crippen LogP contribution < -0.4 is 5.32 Å². The zero-order chi connectivity index (χ0) is 21.8. The highest BCUT2D eigenvalue weighted by Crippen LogP contribution is 2.28. The number of carbonyl (C=O) groups excluding carboxylic acids is 2. The van der Waals surface area contributed by atoms with Gasteiger partial charge in [-0.15, -0.1) is 0 Å². The number of benzene rings is 1. The first-order valence-electron chi connectivity index (χ1n) is 9.40. The van der Waals surface area contributed by atoms with E-state index >= 15 is 0 Å². The van der Waals surface area contributed by atoms with Crippen LogP contribution in [0.15, 0.2) is 18.2 Å². The quantitative estimate of drug-likeness (QED) is 0.568. The summed E-state index contributed by atoms with van der Waals surface area (Å²) in [4.78, 5) is 38.3. The van der Waals surface area contributed by atoms with Gasteiger partial charge < -0.3 is 19.9 Å². The maximum atomic E-state index is 12.6. The van der Waals surface area contributed by atoms with Gasteiger partial charge in [0.15, 0.2) is 0 Å². The molecule has 160 valence electrons. The third-order valence-electron chi connectivity index (χ3n) is 4.44. The van der Waals surface area contributed by atoms with Gasteiger partial charge in [0.2, 0.25) is 0 Å². The molecule has 10 heteroatoms. The summed E-state index contributed by atoms with van der Waals surface area (Å²) in [5.41, 5.74) is -0.524. The molecule has 1 aliphatic rings. The Morgan fingerprint density at radius 1 is 1.41 bits per heavy atom. The summed E-state index contributed by atoms with van der Waals surface area (Å²) in [5.74, 6) is 0.117. The second-order valence-electron chi connectivity index (χ2n) is 8.17. The smallest absolute Gasteiger partial charge is 0.410 e. The summed E-state index contributed by atoms with van der Waals surface area (Å²) >= 11 is 5.80. The van der Waals surface area contributed by atoms with E-state index in [0.717, 1.165) is 12.8 Å². The number of piperidine rings is 1. The average Bonchev–Trinajstić information content (AvgIpc) is 2.61. The van der Waals surface area contributed by atoms with Crippen molar-refractivity contribution in [1.29, 1.82) is 0 Å². The van der Waals surface area contributed by atoms with Crippen molar-refractivity contribution in [3.05, 3.63) is 33.3 Å². The number of hydrogen-bond donors (Lipinski definition) is 1. The van der Waals surface area contributed by atoms with Crippen LogP contribution in [0.1, 0.15) is 33.6 Å². The van der Waals surface area contributed by atoms with Crippen LogP contribution in [0.25, 0.3) is 0 Å². The van der Waals surface area contributed by atoms with Crippen LogP contribution in [0.3, 0.4) is 0 Å². The number of nitro groups is 1. The first-order chi connectivity index (χ1) is 13.5. The van der Waals surface area contributed by atoms with Gasteiger partial charge in [-0.05, 0) is 51.7 Å². The van der Waals surface area contributed by atoms with Gasteiger partial charge in [0.05, 0.1) is 4.92 Å². The van der Waals surface area contributed by atoms with E-state index in [-0.39, 0.29) is 22.7 Å². The number of anilines is 1. The molecule has 3 amide bonds. The van der Waals surface area contributed by atoms with Crippen LogP contribution in [0, 0.1) is 16.0 Å². The van der Waals surface area contributed by atoms with Gasteiger partial charge in [-0.2, -0.15) is 0 Å². The van der Waals surface area contributed by atoms with Gasteiger partial charge in [0.1, 0.15) is 10.6 Å². The molecule has 1 saturated heterocycles. The highest BCUT2D eigenvalue weighted by molar-refractivity contribution is 6.32. The topological polar surface area (TPSA) is 105 Å². The third-order valence-corrected chi connectivity index (χ3v) is 4.76. The number of halogens is 1. The Hall–Kier alpha value is -2.55. The summed E-state index contributed by atoms with van der Waals surface area (Å²) in [5, 5.41) is 13.7. The average molecular weight is 427 g/mol. The van der Waals surface area contributed by atoms with Crippen LogP contribution in [-0.4, -0.2) is 59.1 Å². The molecule has 0 aromatic heterocycles. The minimum atomic E-state index is -0.596. The molecule has 1 aromatic rings. The minimum absolute atomic E-state index is 0.0104. The Balaban J connectivity index is 1.95. The van der Waals surface area contributed by atoms with Crippen LogP contribution in [0.5, 0.6) is 0 Å². The number of nitrogens with zero attached hydrogens (tertiary/aromatic N) is 3. The predicted molar refractivity (Wildman–Crippen MR) is 110 cm³/mol. The number of nitrogens with one attached hydrogen (secondary N) is 1. The molecule has 0 bridgehead atoms. The first kappa shape index (κ1) is 22.7. The van der Waals surface area contributed by atoms with Gasteiger partial charge in [0.25, 0.3) is 5.69 Å². The van der Waals surface area contributed by atoms with Gasteiger partial charge >= 0.3 is 12.1 Å². The monoisotopic (exact) mass is 426 g/mol. The largest absolute Gasteiger partial charge is 0.444 e. The maximum Gasteiger partial charge on any atom is 0.410 e. The van der Waals surface area contributed by atoms with Gasteiger partial charge in [-0.3, -0.25) is 10.1 Å². The molecule has 2 rings (SSSR count). The fourth-order valence-electron chi connectivity index (χ4n) is 3.13. The SMILES string of the molecule is CN(CC1CCCN(C(=O)Nc2ccc(Cl)c([N+](=O)[O-])c2)C1)C(=O)OC(C)(C)C. The molecule has 0 radical (unpaired) electrons. The van der Waals surface area contributed by atoms with E-state index in [2.05, 4.69) is 5.32 Å². The lowest BCUT2D eigenvalue weighted by Gasteiger charge is -2.35. The Bertz CT molecular complexity index is 780. The Labute approximate surface area is 175 Å². The zero-order valence-electron chi connectivity index (χ0n) is 17.1. The van der Waals surface area contributed by atoms with Crippen molar-refractivity contribution in [1.82, 2.24) is 9.80 Å². The molecule has 1 N–H and O–H groups in total. The van der Waals surface area contributed by atoms with E-state index in [0.29, 0.717) is 25.3 Å². The highest BCUT2D eigenvalue weighted by atomic mass is 35.5. The lowest BCUT2D eigenvalue weighted by molar-refractivity contribution is -0.384. The maximum absolute atomic E-state index is 12.6. The summed E-state index contributed by atoms with van der Waals surface area (Å²) in [6.45, 7) is 6.97. The number of likely N-dealkylation sites (tertiary alicyclic amines) is 1. The van der Waals surface area contributed by atoms with Crippen LogP contribution in [-0.2, 0) is 4.74 Å². The number of urea groups is 1. The number of rotatable bonds is 4. The van der Waals surface area contributed by atoms with Crippen molar-refractivity contribution >= 4 is 35.1 Å². The summed E-state index contributed by atoms with van der Waals surface area (Å²) in [7, 11) is 1.68. The van der Waals surface area contributed by atoms with Crippen molar-refractivity contribution in [2.24, 2.45) is 5.92 Å². The van der Waals surface area contributed by atoms with Crippen LogP contribution >= 0.6 is 11.6 Å². The Morgan fingerprint density at radius 3 is 2.72 bits per heavy atom. The summed E-state index contributed by atoms with van der Waals surface area (Å²) in [6, 6.07) is 3.79. The lowest BCUT2D eigenvalue weighted by Crippen LogP contribution is -2.46. The Morgan fingerprint density at radius 2 is 2.10 bits per heavy atom. The van der Waals surface area contributed by atoms with Crippen molar-refractivity contribution in [3.63, 3.8) is 0 Å². The highest BCUT2D eigenvalue weighted by Gasteiger charge is 2.27. The molecule has 1 unspecified atom stereocenters. The second-order valence-corrected chi connectivity index (χ2v) is 8.58. The second kappa shape index (κ2) is 9.30. The van der Waals surface area contributed by atoms with Crippen molar-refractivity contribution < 1.29 is 19.2 Å². The number of ether oxygens (including phenoxy) is 1. The molecule has 0 aliphatic carbocycles. The van der Waals surface area contributed by atoms with Crippen LogP contribution in [0.4, 0.5) is 21.0 Å². The summed E-state index contributed by atoms with van der Waals surface area (Å²) in [6.07, 6.45) is 1.30. The molecule has 0 spiro atoms. The van der Waals surface area contributed by atoms with Crippen molar-refractivity contribution in [3.8, 4) is 0 Å². The number of amides is 3. The van der Waals surface area contributed by atoms with E-state index in [1.807, 2.05) is 20.8 Å². The Kier molecular flexibility index (Phi) is 7.29. The van der Waals surface area contributed by atoms with E-state index in [9.17, 15) is 19.7 Å². The molecule has 0 saturated carbocycles. The van der Waals surface area contributed by atoms with Gasteiger partial charge in [0, 0.05) is 38.4 Å². The molecular weight excluding hydrogens is 400 g/mol. The van der Waals surface area contributed by atoms with E-state index in [4.69, 9.17) is 16.3 Å². The van der Waals surface area contributed by atoms with E-state index in [1.54, 1.807) is 11.9 Å². The molecular formula is C19H27ClN4O5. The normalized spacial score (nSPS) is 16.9. The van der Waals surface area contributed by atoms with E-state index in [1.165, 1.54) is 23.1 Å². The first-order valence-corrected chi connectivity index (χ1v) is 9.78. The standard InChI is InChI=1S/C19H27ClN4O5/c1-19(2,3)29-18(26)22(4)11-13-6-5-9-23(12-13)17(25)21-14-7-8-15(20)16(10-14)24(27)28/h7-8,10,13H,5-6,9,11-12H2,1-4H3,(H,21,25). The minimum Gasteiger partial charge on any atom is -0.444 e. The zero-order valence-corrected chi connectivity index (χ0v) is 17.9. The van der Waals surface area contributed by atoms with Gasteiger partial charge in [-0.25, -0.2) is 9.59 Å². The fraction of sp³-hybridized carbons (Fsp3) is 0.579. The molecule has 1 aliphatic heterocycles. The molecule has 9 nitrogen and oxygen atoms in total. The van der Waals surface area contributed by atoms with Crippen molar-refractivity contribution in [2.45, 2.75) is 39.2 Å². The number of nitro benzene ring substituents is 1. The predicted octanol–water partition coefficient (Wildman–Crippen LogP) is 4.36. The molecule has 1 heterocycles. The summed E-state index contributed by atoms with van der Waals surface area (Å²) < 4.78 is 5.36. The number of carbonyl (C=O) groups is 2. The molecule has 1 aromatic carbocycles. The molecule has 1 fully saturated rings. The van der Waals surface area contributed by atoms with E-state index < -0.39 is 16.6 Å². The third kappa shape index (κ3) is 6.77. The molecule has 29 heavy (non-hydrogen) atoms.